The van der Waals surface area contributed by atoms with E-state index in [0.29, 0.717) is 5.41 Å². The number of halogens is 1. The summed E-state index contributed by atoms with van der Waals surface area (Å²) in [6, 6.07) is 16.8. The predicted molar refractivity (Wildman–Crippen MR) is 121 cm³/mol. The van der Waals surface area contributed by atoms with Crippen LogP contribution in [0.4, 0.5) is 0 Å². The number of benzene rings is 2. The van der Waals surface area contributed by atoms with E-state index in [0.717, 1.165) is 40.5 Å². The van der Waals surface area contributed by atoms with Gasteiger partial charge in [-0.25, -0.2) is 0 Å². The number of likely N-dealkylation sites (N-methyl/N-ethyl adjacent to an activating group) is 1. The lowest BCUT2D eigenvalue weighted by Crippen LogP contribution is -3.00. The van der Waals surface area contributed by atoms with Crippen molar-refractivity contribution in [1.29, 1.82) is 0 Å². The van der Waals surface area contributed by atoms with Crippen molar-refractivity contribution in [2.75, 3.05) is 20.6 Å². The highest BCUT2D eigenvalue weighted by molar-refractivity contribution is 5.95. The van der Waals surface area contributed by atoms with E-state index in [2.05, 4.69) is 64.4 Å². The summed E-state index contributed by atoms with van der Waals surface area (Å²) in [5, 5.41) is 0. The highest BCUT2D eigenvalue weighted by Gasteiger charge is 2.52. The normalized spacial score (nSPS) is 21.8. The molecule has 0 saturated heterocycles. The maximum Gasteiger partial charge on any atom is 0.159 e. The van der Waals surface area contributed by atoms with Crippen LogP contribution in [-0.4, -0.2) is 30.9 Å². The maximum absolute atomic E-state index is 11.7. The number of carbonyl (C=O) groups is 1. The summed E-state index contributed by atoms with van der Waals surface area (Å²) >= 11 is 0. The van der Waals surface area contributed by atoms with Gasteiger partial charge in [0.2, 0.25) is 0 Å². The standard InChI is InChI=1S/C27H34NO.HI/c1-19(29)22-7-6-8-23(15-22)21-11-9-20(10-12-21)17-28(4,5)18-24-13-14-25-16-26(24)27(25,2)3;/h6-13,15,25-26H,14,16-18H2,1-5H3;1H/q+1;/p-1/t25-,26-;/m0./s1. The average molecular weight is 515 g/mol. The van der Waals surface area contributed by atoms with Crippen molar-refractivity contribution >= 4 is 5.78 Å². The Morgan fingerprint density at radius 3 is 2.33 bits per heavy atom. The molecule has 2 aromatic rings. The summed E-state index contributed by atoms with van der Waals surface area (Å²) in [4.78, 5) is 11.7. The third-order valence-corrected chi connectivity index (χ3v) is 7.36. The van der Waals surface area contributed by atoms with E-state index in [1.807, 2.05) is 18.2 Å². The minimum Gasteiger partial charge on any atom is -1.00 e. The lowest BCUT2D eigenvalue weighted by atomic mass is 9.49. The van der Waals surface area contributed by atoms with Crippen LogP contribution in [0.25, 0.3) is 11.1 Å². The second kappa shape index (κ2) is 8.58. The fraction of sp³-hybridized carbons (Fsp3) is 0.444. The van der Waals surface area contributed by atoms with Gasteiger partial charge >= 0.3 is 0 Å². The van der Waals surface area contributed by atoms with Crippen LogP contribution in [0.5, 0.6) is 0 Å². The van der Waals surface area contributed by atoms with Crippen molar-refractivity contribution in [1.82, 2.24) is 0 Å². The molecule has 3 aliphatic carbocycles. The summed E-state index contributed by atoms with van der Waals surface area (Å²) in [7, 11) is 4.70. The molecule has 0 aromatic heterocycles. The number of hydrogen-bond donors (Lipinski definition) is 0. The van der Waals surface area contributed by atoms with Crippen molar-refractivity contribution in [2.45, 2.75) is 40.2 Å². The van der Waals surface area contributed by atoms with Gasteiger partial charge in [0, 0.05) is 11.1 Å². The zero-order valence-electron chi connectivity index (χ0n) is 18.9. The molecule has 0 N–H and O–H groups in total. The maximum atomic E-state index is 11.7. The van der Waals surface area contributed by atoms with Gasteiger partial charge in [-0.2, -0.15) is 0 Å². The van der Waals surface area contributed by atoms with Crippen LogP contribution >= 0.6 is 0 Å². The molecular formula is C27H34INO. The summed E-state index contributed by atoms with van der Waals surface area (Å²) < 4.78 is 0.988. The molecule has 0 aliphatic heterocycles. The molecule has 0 unspecified atom stereocenters. The van der Waals surface area contributed by atoms with Gasteiger partial charge in [0.05, 0.1) is 14.1 Å². The van der Waals surface area contributed by atoms with Gasteiger partial charge in [-0.3, -0.25) is 4.79 Å². The highest BCUT2D eigenvalue weighted by Crippen LogP contribution is 2.59. The first-order valence-corrected chi connectivity index (χ1v) is 10.9. The molecule has 2 bridgehead atoms. The summed E-state index contributed by atoms with van der Waals surface area (Å²) in [5.41, 5.74) is 6.58. The Morgan fingerprint density at radius 1 is 1.03 bits per heavy atom. The lowest BCUT2D eigenvalue weighted by Gasteiger charge is -2.57. The van der Waals surface area contributed by atoms with Gasteiger partial charge in [0.25, 0.3) is 0 Å². The van der Waals surface area contributed by atoms with Gasteiger partial charge in [-0.05, 0) is 59.8 Å². The van der Waals surface area contributed by atoms with Crippen molar-refractivity contribution in [3.8, 4) is 11.1 Å². The van der Waals surface area contributed by atoms with Crippen molar-refractivity contribution in [3.05, 3.63) is 71.3 Å². The van der Waals surface area contributed by atoms with Crippen molar-refractivity contribution < 1.29 is 33.3 Å². The van der Waals surface area contributed by atoms with Gasteiger partial charge in [-0.15, -0.1) is 0 Å². The SMILES string of the molecule is CC(=O)c1cccc(-c2ccc(C[N+](C)(C)CC3=CC[C@H]4C[C@@H]3C4(C)C)cc2)c1.[I-]. The lowest BCUT2D eigenvalue weighted by molar-refractivity contribution is -0.899. The van der Waals surface area contributed by atoms with Gasteiger partial charge in [0.1, 0.15) is 13.1 Å². The first-order chi connectivity index (χ1) is 13.7. The molecule has 5 rings (SSSR count). The highest BCUT2D eigenvalue weighted by atomic mass is 127. The molecule has 160 valence electrons. The quantitative estimate of drug-likeness (QED) is 0.250. The molecule has 2 atom stereocenters. The Bertz CT molecular complexity index is 955. The van der Waals surface area contributed by atoms with E-state index in [9.17, 15) is 4.79 Å². The predicted octanol–water partition coefficient (Wildman–Crippen LogP) is 3.13. The summed E-state index contributed by atoms with van der Waals surface area (Å²) in [5.74, 6) is 1.80. The first-order valence-electron chi connectivity index (χ1n) is 10.9. The molecule has 30 heavy (non-hydrogen) atoms. The third-order valence-electron chi connectivity index (χ3n) is 7.36. The molecule has 1 fully saturated rings. The Morgan fingerprint density at radius 2 is 1.73 bits per heavy atom. The van der Waals surface area contributed by atoms with Crippen LogP contribution in [0, 0.1) is 17.3 Å². The van der Waals surface area contributed by atoms with Crippen LogP contribution in [0.1, 0.15) is 49.5 Å². The third kappa shape index (κ3) is 4.57. The minimum absolute atomic E-state index is 0. The molecule has 2 aromatic carbocycles. The molecule has 0 heterocycles. The largest absolute Gasteiger partial charge is 1.00 e. The number of fused-ring (bicyclic) bond motifs is 1. The molecule has 0 amide bonds. The monoisotopic (exact) mass is 515 g/mol. The van der Waals surface area contributed by atoms with Crippen molar-refractivity contribution in [3.63, 3.8) is 0 Å². The van der Waals surface area contributed by atoms with Gasteiger partial charge < -0.3 is 28.5 Å². The van der Waals surface area contributed by atoms with Gasteiger partial charge in [-0.1, -0.05) is 62.4 Å². The molecule has 3 aliphatic rings. The topological polar surface area (TPSA) is 17.1 Å². The molecule has 0 spiro atoms. The van der Waals surface area contributed by atoms with Crippen LogP contribution in [0.3, 0.4) is 0 Å². The fourth-order valence-corrected chi connectivity index (χ4v) is 5.42. The van der Waals surface area contributed by atoms with E-state index < -0.39 is 0 Å². The Hall–Kier alpha value is -1.46. The zero-order valence-corrected chi connectivity index (χ0v) is 21.1. The van der Waals surface area contributed by atoms with E-state index in [1.54, 1.807) is 12.5 Å². The van der Waals surface area contributed by atoms with Crippen LogP contribution < -0.4 is 24.0 Å². The number of quaternary nitrogens is 1. The smallest absolute Gasteiger partial charge is 0.159 e. The number of rotatable bonds is 6. The van der Waals surface area contributed by atoms with Crippen molar-refractivity contribution in [2.24, 2.45) is 17.3 Å². The van der Waals surface area contributed by atoms with Gasteiger partial charge in [0.15, 0.2) is 5.78 Å². The first kappa shape index (κ1) is 23.2. The van der Waals surface area contributed by atoms with Crippen LogP contribution in [0.15, 0.2) is 60.2 Å². The van der Waals surface area contributed by atoms with Crippen LogP contribution in [-0.2, 0) is 6.54 Å². The number of allylic oxidation sites excluding steroid dienone is 1. The Balaban J connectivity index is 0.00000256. The Labute approximate surface area is 199 Å². The molecule has 1 saturated carbocycles. The fourth-order valence-electron chi connectivity index (χ4n) is 5.42. The minimum atomic E-state index is 0. The van der Waals surface area contributed by atoms with E-state index in [1.165, 1.54) is 24.0 Å². The zero-order chi connectivity index (χ0) is 20.8. The van der Waals surface area contributed by atoms with E-state index in [-0.39, 0.29) is 29.8 Å². The van der Waals surface area contributed by atoms with E-state index >= 15 is 0 Å². The summed E-state index contributed by atoms with van der Waals surface area (Å²) in [6.07, 6.45) is 5.20. The average Bonchev–Trinajstić information content (AvgIpc) is 2.68. The Kier molecular flexibility index (Phi) is 6.64. The van der Waals surface area contributed by atoms with Crippen LogP contribution in [0.2, 0.25) is 0 Å². The second-order valence-corrected chi connectivity index (χ2v) is 10.4. The molecule has 3 heteroatoms. The second-order valence-electron chi connectivity index (χ2n) is 10.4. The number of ketones is 1. The summed E-state index contributed by atoms with van der Waals surface area (Å²) in [6.45, 7) is 8.71. The molecule has 0 radical (unpaired) electrons. The molecular weight excluding hydrogens is 481 g/mol. The number of carbonyl (C=O) groups excluding carboxylic acids is 1. The number of hydrogen-bond acceptors (Lipinski definition) is 1. The number of nitrogens with zero attached hydrogens (tertiary/aromatic N) is 1. The van der Waals surface area contributed by atoms with E-state index in [4.69, 9.17) is 0 Å². The molecule has 2 nitrogen and oxygen atoms in total. The number of Topliss-reactive ketones (excluding diaryl/α,β-unsaturated/α-hetero) is 1.